The Kier molecular flexibility index (Phi) is 5.82. The Morgan fingerprint density at radius 3 is 2.60 bits per heavy atom. The average molecular weight is 299 g/mol. The summed E-state index contributed by atoms with van der Waals surface area (Å²) in [5.41, 5.74) is -0.108. The van der Waals surface area contributed by atoms with Gasteiger partial charge in [0, 0.05) is 5.75 Å². The Morgan fingerprint density at radius 1 is 1.45 bits per heavy atom. The van der Waals surface area contributed by atoms with Crippen LogP contribution in [0.25, 0.3) is 0 Å². The van der Waals surface area contributed by atoms with Crippen molar-refractivity contribution in [1.29, 1.82) is 0 Å². The number of thioether (sulfide) groups is 1. The molecule has 110 valence electrons. The summed E-state index contributed by atoms with van der Waals surface area (Å²) in [4.78, 5) is 21.9. The van der Waals surface area contributed by atoms with Gasteiger partial charge in [-0.1, -0.05) is 13.0 Å². The molecule has 0 fully saturated rings. The van der Waals surface area contributed by atoms with Crippen LogP contribution in [0.4, 0.5) is 5.69 Å². The van der Waals surface area contributed by atoms with Gasteiger partial charge in [0.1, 0.15) is 0 Å². The first-order valence-corrected chi connectivity index (χ1v) is 7.11. The molecule has 0 aromatic heterocycles. The molecule has 0 spiro atoms. The Morgan fingerprint density at radius 2 is 2.10 bits per heavy atom. The van der Waals surface area contributed by atoms with Crippen molar-refractivity contribution in [3.63, 3.8) is 0 Å². The summed E-state index contributed by atoms with van der Waals surface area (Å²) < 4.78 is 5.43. The van der Waals surface area contributed by atoms with Crippen molar-refractivity contribution in [2.75, 3.05) is 5.75 Å². The number of carboxylic acids is 1. The van der Waals surface area contributed by atoms with Crippen LogP contribution >= 0.6 is 11.8 Å². The van der Waals surface area contributed by atoms with E-state index in [9.17, 15) is 14.9 Å². The van der Waals surface area contributed by atoms with E-state index in [4.69, 9.17) is 9.84 Å². The first-order chi connectivity index (χ1) is 9.32. The minimum atomic E-state index is -0.922. The van der Waals surface area contributed by atoms with Gasteiger partial charge in [-0.25, -0.2) is 0 Å². The van der Waals surface area contributed by atoms with Crippen LogP contribution in [-0.2, 0) is 4.79 Å². The summed E-state index contributed by atoms with van der Waals surface area (Å²) in [5, 5.41) is 20.0. The first kappa shape index (κ1) is 16.3. The van der Waals surface area contributed by atoms with Crippen LogP contribution in [0.1, 0.15) is 20.8 Å². The molecule has 0 radical (unpaired) electrons. The van der Waals surface area contributed by atoms with Crippen molar-refractivity contribution in [3.05, 3.63) is 28.3 Å². The highest BCUT2D eigenvalue weighted by Crippen LogP contribution is 2.38. The number of nitrogens with zero attached hydrogens (tertiary/aromatic N) is 1. The second-order valence-electron chi connectivity index (χ2n) is 4.58. The van der Waals surface area contributed by atoms with Crippen LogP contribution in [0.5, 0.6) is 5.75 Å². The quantitative estimate of drug-likeness (QED) is 0.472. The predicted octanol–water partition coefficient (Wildman–Crippen LogP) is 3.19. The first-order valence-electron chi connectivity index (χ1n) is 6.12. The van der Waals surface area contributed by atoms with Gasteiger partial charge in [0.2, 0.25) is 0 Å². The normalized spacial score (nSPS) is 12.2. The summed E-state index contributed by atoms with van der Waals surface area (Å²) in [7, 11) is 0. The summed E-state index contributed by atoms with van der Waals surface area (Å²) in [5.74, 6) is -1.02. The van der Waals surface area contributed by atoms with E-state index in [0.717, 1.165) is 11.8 Å². The van der Waals surface area contributed by atoms with E-state index in [1.54, 1.807) is 39.0 Å². The van der Waals surface area contributed by atoms with Gasteiger partial charge < -0.3 is 9.84 Å². The van der Waals surface area contributed by atoms with Gasteiger partial charge in [-0.15, -0.1) is 11.8 Å². The number of nitro groups is 1. The summed E-state index contributed by atoms with van der Waals surface area (Å²) in [6.07, 6.45) is -0.174. The molecule has 1 unspecified atom stereocenters. The highest BCUT2D eigenvalue weighted by atomic mass is 32.2. The number of para-hydroxylation sites is 1. The van der Waals surface area contributed by atoms with Crippen LogP contribution < -0.4 is 4.74 Å². The van der Waals surface area contributed by atoms with Gasteiger partial charge in [0.15, 0.2) is 5.75 Å². The molecule has 0 aliphatic carbocycles. The number of ether oxygens (including phenoxy) is 1. The van der Waals surface area contributed by atoms with E-state index >= 15 is 0 Å². The van der Waals surface area contributed by atoms with E-state index in [-0.39, 0.29) is 23.3 Å². The summed E-state index contributed by atoms with van der Waals surface area (Å²) in [6, 6.07) is 4.81. The lowest BCUT2D eigenvalue weighted by molar-refractivity contribution is -0.388. The van der Waals surface area contributed by atoms with Crippen LogP contribution in [0, 0.1) is 16.0 Å². The highest BCUT2D eigenvalue weighted by Gasteiger charge is 2.23. The lowest BCUT2D eigenvalue weighted by atomic mass is 10.2. The molecule has 0 aliphatic heterocycles. The number of benzene rings is 1. The van der Waals surface area contributed by atoms with E-state index in [0.29, 0.717) is 4.90 Å². The fraction of sp³-hybridized carbons (Fsp3) is 0.462. The van der Waals surface area contributed by atoms with E-state index in [1.807, 2.05) is 0 Å². The van der Waals surface area contributed by atoms with E-state index < -0.39 is 16.8 Å². The molecular weight excluding hydrogens is 282 g/mol. The second kappa shape index (κ2) is 7.14. The third kappa shape index (κ3) is 4.41. The number of hydrogen-bond donors (Lipinski definition) is 1. The molecule has 7 heteroatoms. The Balaban J connectivity index is 3.00. The number of hydrogen-bond acceptors (Lipinski definition) is 5. The van der Waals surface area contributed by atoms with Crippen molar-refractivity contribution >= 4 is 23.4 Å². The molecule has 0 amide bonds. The SMILES string of the molecule is CC(C)Oc1cccc(SCC(C)C(=O)O)c1[N+](=O)[O-]. The maximum atomic E-state index is 11.2. The standard InChI is InChI=1S/C13H17NO5S/c1-8(2)19-10-5-4-6-11(12(10)14(17)18)20-7-9(3)13(15)16/h4-6,8-9H,7H2,1-3H3,(H,15,16). The zero-order valence-corrected chi connectivity index (χ0v) is 12.3. The molecule has 0 saturated heterocycles. The molecule has 0 heterocycles. The minimum absolute atomic E-state index is 0.108. The van der Waals surface area contributed by atoms with Gasteiger partial charge in [-0.3, -0.25) is 14.9 Å². The zero-order valence-electron chi connectivity index (χ0n) is 11.5. The number of carboxylic acid groups (broad SMARTS) is 1. The third-order valence-electron chi connectivity index (χ3n) is 2.42. The number of aliphatic carboxylic acids is 1. The van der Waals surface area contributed by atoms with Gasteiger partial charge in [-0.05, 0) is 26.0 Å². The lowest BCUT2D eigenvalue weighted by Crippen LogP contribution is -2.12. The summed E-state index contributed by atoms with van der Waals surface area (Å²) in [6.45, 7) is 5.14. The molecule has 1 atom stereocenters. The maximum Gasteiger partial charge on any atom is 0.324 e. The lowest BCUT2D eigenvalue weighted by Gasteiger charge is -2.12. The topological polar surface area (TPSA) is 89.7 Å². The largest absolute Gasteiger partial charge is 0.484 e. The Hall–Kier alpha value is -1.76. The summed E-state index contributed by atoms with van der Waals surface area (Å²) >= 11 is 1.15. The number of nitro benzene ring substituents is 1. The number of carbonyl (C=O) groups is 1. The molecule has 0 aliphatic rings. The van der Waals surface area contributed by atoms with Crippen molar-refractivity contribution in [1.82, 2.24) is 0 Å². The molecule has 1 aromatic carbocycles. The van der Waals surface area contributed by atoms with Crippen molar-refractivity contribution < 1.29 is 19.6 Å². The fourth-order valence-corrected chi connectivity index (χ4v) is 2.49. The number of rotatable bonds is 7. The smallest absolute Gasteiger partial charge is 0.324 e. The van der Waals surface area contributed by atoms with Gasteiger partial charge in [0.25, 0.3) is 0 Å². The average Bonchev–Trinajstić information content (AvgIpc) is 2.34. The monoisotopic (exact) mass is 299 g/mol. The third-order valence-corrected chi connectivity index (χ3v) is 3.72. The Bertz CT molecular complexity index is 504. The molecule has 1 N–H and O–H groups in total. The predicted molar refractivity (Wildman–Crippen MR) is 76.4 cm³/mol. The van der Waals surface area contributed by atoms with Gasteiger partial charge in [-0.2, -0.15) is 0 Å². The molecule has 0 saturated carbocycles. The van der Waals surface area contributed by atoms with Crippen molar-refractivity contribution in [3.8, 4) is 5.75 Å². The van der Waals surface area contributed by atoms with E-state index in [2.05, 4.69) is 0 Å². The molecular formula is C13H17NO5S. The van der Waals surface area contributed by atoms with Gasteiger partial charge >= 0.3 is 11.7 Å². The van der Waals surface area contributed by atoms with Crippen molar-refractivity contribution in [2.45, 2.75) is 31.8 Å². The second-order valence-corrected chi connectivity index (χ2v) is 5.64. The fourth-order valence-electron chi connectivity index (χ4n) is 1.43. The van der Waals surface area contributed by atoms with Crippen molar-refractivity contribution in [2.24, 2.45) is 5.92 Å². The Labute approximate surface area is 121 Å². The highest BCUT2D eigenvalue weighted by molar-refractivity contribution is 7.99. The minimum Gasteiger partial charge on any atom is -0.484 e. The van der Waals surface area contributed by atoms with Gasteiger partial charge in [0.05, 0.1) is 21.8 Å². The molecule has 20 heavy (non-hydrogen) atoms. The molecule has 6 nitrogen and oxygen atoms in total. The van der Waals surface area contributed by atoms with Crippen LogP contribution in [0.15, 0.2) is 23.1 Å². The van der Waals surface area contributed by atoms with Crippen LogP contribution in [0.3, 0.4) is 0 Å². The van der Waals surface area contributed by atoms with Crippen LogP contribution in [0.2, 0.25) is 0 Å². The van der Waals surface area contributed by atoms with Crippen LogP contribution in [-0.4, -0.2) is 27.9 Å². The molecule has 1 aromatic rings. The maximum absolute atomic E-state index is 11.2. The molecule has 0 bridgehead atoms. The molecule has 1 rings (SSSR count). The van der Waals surface area contributed by atoms with E-state index in [1.165, 1.54) is 0 Å². The zero-order chi connectivity index (χ0) is 15.3.